The molecule has 2 rings (SSSR count). The second kappa shape index (κ2) is 4.47. The lowest BCUT2D eigenvalue weighted by Crippen LogP contribution is -2.14. The maximum atomic E-state index is 4.64. The van der Waals surface area contributed by atoms with Crippen molar-refractivity contribution in [1.82, 2.24) is 0 Å². The number of nitrogens with zero attached hydrogens (tertiary/aromatic N) is 1. The highest BCUT2D eigenvalue weighted by molar-refractivity contribution is 6.01. The van der Waals surface area contributed by atoms with Crippen molar-refractivity contribution < 1.29 is 0 Å². The molecule has 2 nitrogen and oxygen atoms in total. The van der Waals surface area contributed by atoms with Crippen LogP contribution in [0, 0.1) is 5.92 Å². The molecule has 0 radical (unpaired) electrons. The van der Waals surface area contributed by atoms with Gasteiger partial charge in [0.1, 0.15) is 0 Å². The van der Waals surface area contributed by atoms with Crippen LogP contribution in [0.5, 0.6) is 0 Å². The Morgan fingerprint density at radius 1 is 1.40 bits per heavy atom. The standard InChI is InChI=1S/C13H18N2/c1-10-6-7-13(15-9-10)11-4-3-5-12(8-11)14-2/h3-5,8,10,14H,6-7,9H2,1-2H3. The van der Waals surface area contributed by atoms with E-state index in [1.807, 2.05) is 7.05 Å². The third-order valence-corrected chi connectivity index (χ3v) is 2.95. The summed E-state index contributed by atoms with van der Waals surface area (Å²) < 4.78 is 0. The van der Waals surface area contributed by atoms with Gasteiger partial charge in [-0.2, -0.15) is 0 Å². The van der Waals surface area contributed by atoms with E-state index in [-0.39, 0.29) is 0 Å². The third-order valence-electron chi connectivity index (χ3n) is 2.95. The Bertz CT molecular complexity index is 369. The molecule has 1 atom stereocenters. The SMILES string of the molecule is CNc1cccc(C2=NCC(C)CC2)c1. The number of hydrogen-bond acceptors (Lipinski definition) is 2. The lowest BCUT2D eigenvalue weighted by Gasteiger charge is -2.17. The highest BCUT2D eigenvalue weighted by Gasteiger charge is 2.12. The molecule has 80 valence electrons. The molecular weight excluding hydrogens is 184 g/mol. The van der Waals surface area contributed by atoms with Gasteiger partial charge in [0.05, 0.1) is 0 Å². The van der Waals surface area contributed by atoms with E-state index in [0.717, 1.165) is 24.6 Å². The van der Waals surface area contributed by atoms with Gasteiger partial charge >= 0.3 is 0 Å². The van der Waals surface area contributed by atoms with E-state index in [9.17, 15) is 0 Å². The average Bonchev–Trinajstić information content (AvgIpc) is 2.30. The minimum absolute atomic E-state index is 0.751. The molecule has 2 heteroatoms. The van der Waals surface area contributed by atoms with Crippen molar-refractivity contribution in [2.24, 2.45) is 10.9 Å². The van der Waals surface area contributed by atoms with Crippen LogP contribution in [0.2, 0.25) is 0 Å². The number of benzene rings is 1. The van der Waals surface area contributed by atoms with Crippen molar-refractivity contribution in [2.75, 3.05) is 18.9 Å². The molecule has 1 N–H and O–H groups in total. The van der Waals surface area contributed by atoms with Crippen LogP contribution in [0.3, 0.4) is 0 Å². The van der Waals surface area contributed by atoms with Crippen molar-refractivity contribution >= 4 is 11.4 Å². The molecule has 0 fully saturated rings. The predicted molar refractivity (Wildman–Crippen MR) is 65.8 cm³/mol. The van der Waals surface area contributed by atoms with E-state index in [1.54, 1.807) is 0 Å². The summed E-state index contributed by atoms with van der Waals surface area (Å²) in [7, 11) is 1.95. The summed E-state index contributed by atoms with van der Waals surface area (Å²) in [5.74, 6) is 0.751. The van der Waals surface area contributed by atoms with Crippen LogP contribution in [0.15, 0.2) is 29.3 Å². The molecule has 1 aliphatic heterocycles. The highest BCUT2D eigenvalue weighted by Crippen LogP contribution is 2.19. The molecule has 0 aromatic heterocycles. The maximum absolute atomic E-state index is 4.64. The van der Waals surface area contributed by atoms with Crippen LogP contribution < -0.4 is 5.32 Å². The molecular formula is C13H18N2. The third kappa shape index (κ3) is 2.38. The number of hydrogen-bond donors (Lipinski definition) is 1. The molecule has 0 saturated carbocycles. The molecule has 15 heavy (non-hydrogen) atoms. The van der Waals surface area contributed by atoms with E-state index in [1.165, 1.54) is 17.7 Å². The normalized spacial score (nSPS) is 20.9. The zero-order chi connectivity index (χ0) is 10.7. The fraction of sp³-hybridized carbons (Fsp3) is 0.462. The summed E-state index contributed by atoms with van der Waals surface area (Å²) in [6, 6.07) is 8.49. The maximum Gasteiger partial charge on any atom is 0.0421 e. The lowest BCUT2D eigenvalue weighted by molar-refractivity contribution is 0.538. The van der Waals surface area contributed by atoms with Crippen LogP contribution in [-0.2, 0) is 0 Å². The van der Waals surface area contributed by atoms with Crippen LogP contribution in [0.1, 0.15) is 25.3 Å². The number of nitrogens with one attached hydrogen (secondary N) is 1. The number of aliphatic imine (C=N–C) groups is 1. The Hall–Kier alpha value is -1.31. The summed E-state index contributed by atoms with van der Waals surface area (Å²) in [5.41, 5.74) is 3.70. The second-order valence-electron chi connectivity index (χ2n) is 4.26. The summed E-state index contributed by atoms with van der Waals surface area (Å²) in [6.07, 6.45) is 2.39. The Kier molecular flexibility index (Phi) is 3.05. The predicted octanol–water partition coefficient (Wildman–Crippen LogP) is 2.95. The first-order chi connectivity index (χ1) is 7.29. The molecule has 1 aliphatic rings. The minimum atomic E-state index is 0.751. The van der Waals surface area contributed by atoms with Gasteiger partial charge in [0.25, 0.3) is 0 Å². The van der Waals surface area contributed by atoms with Gasteiger partial charge in [-0.25, -0.2) is 0 Å². The van der Waals surface area contributed by atoms with E-state index in [4.69, 9.17) is 0 Å². The van der Waals surface area contributed by atoms with Gasteiger partial charge in [0, 0.05) is 25.0 Å². The van der Waals surface area contributed by atoms with Crippen LogP contribution in [0.25, 0.3) is 0 Å². The topological polar surface area (TPSA) is 24.4 Å². The van der Waals surface area contributed by atoms with Crippen molar-refractivity contribution in [3.63, 3.8) is 0 Å². The van der Waals surface area contributed by atoms with Crippen LogP contribution >= 0.6 is 0 Å². The van der Waals surface area contributed by atoms with E-state index in [2.05, 4.69) is 41.5 Å². The van der Waals surface area contributed by atoms with Crippen molar-refractivity contribution in [3.8, 4) is 0 Å². The molecule has 0 amide bonds. The number of rotatable bonds is 2. The fourth-order valence-corrected chi connectivity index (χ4v) is 1.91. The smallest absolute Gasteiger partial charge is 0.0421 e. The summed E-state index contributed by atoms with van der Waals surface area (Å²) in [6.45, 7) is 3.25. The molecule has 1 aromatic rings. The molecule has 1 aromatic carbocycles. The molecule has 1 heterocycles. The van der Waals surface area contributed by atoms with E-state index in [0.29, 0.717) is 0 Å². The largest absolute Gasteiger partial charge is 0.388 e. The van der Waals surface area contributed by atoms with Gasteiger partial charge in [-0.3, -0.25) is 4.99 Å². The molecule has 0 saturated heterocycles. The molecule has 0 bridgehead atoms. The van der Waals surface area contributed by atoms with Gasteiger partial charge < -0.3 is 5.32 Å². The van der Waals surface area contributed by atoms with Gasteiger partial charge in [0.2, 0.25) is 0 Å². The molecule has 1 unspecified atom stereocenters. The monoisotopic (exact) mass is 202 g/mol. The quantitative estimate of drug-likeness (QED) is 0.783. The Labute approximate surface area is 91.4 Å². The van der Waals surface area contributed by atoms with Gasteiger partial charge in [-0.1, -0.05) is 19.1 Å². The first-order valence-corrected chi connectivity index (χ1v) is 5.61. The minimum Gasteiger partial charge on any atom is -0.388 e. The highest BCUT2D eigenvalue weighted by atomic mass is 14.8. The Morgan fingerprint density at radius 3 is 2.93 bits per heavy atom. The summed E-state index contributed by atoms with van der Waals surface area (Å²) >= 11 is 0. The average molecular weight is 202 g/mol. The van der Waals surface area contributed by atoms with Crippen LogP contribution in [-0.4, -0.2) is 19.3 Å². The number of anilines is 1. The molecule has 0 aliphatic carbocycles. The molecule has 0 spiro atoms. The van der Waals surface area contributed by atoms with E-state index < -0.39 is 0 Å². The summed E-state index contributed by atoms with van der Waals surface area (Å²) in [5, 5.41) is 3.16. The lowest BCUT2D eigenvalue weighted by atomic mass is 9.96. The Morgan fingerprint density at radius 2 is 2.27 bits per heavy atom. The fourth-order valence-electron chi connectivity index (χ4n) is 1.91. The van der Waals surface area contributed by atoms with Gasteiger partial charge in [-0.15, -0.1) is 0 Å². The first-order valence-electron chi connectivity index (χ1n) is 5.61. The second-order valence-corrected chi connectivity index (χ2v) is 4.26. The van der Waals surface area contributed by atoms with Crippen molar-refractivity contribution in [1.29, 1.82) is 0 Å². The van der Waals surface area contributed by atoms with Crippen LogP contribution in [0.4, 0.5) is 5.69 Å². The zero-order valence-electron chi connectivity index (χ0n) is 9.46. The summed E-state index contributed by atoms with van der Waals surface area (Å²) in [4.78, 5) is 4.64. The first kappa shape index (κ1) is 10.2. The van der Waals surface area contributed by atoms with E-state index >= 15 is 0 Å². The van der Waals surface area contributed by atoms with Gasteiger partial charge in [0.15, 0.2) is 0 Å². The van der Waals surface area contributed by atoms with Gasteiger partial charge in [-0.05, 0) is 36.5 Å². The zero-order valence-corrected chi connectivity index (χ0v) is 9.46. The Balaban J connectivity index is 2.22. The van der Waals surface area contributed by atoms with Crippen molar-refractivity contribution in [3.05, 3.63) is 29.8 Å². The van der Waals surface area contributed by atoms with Crippen molar-refractivity contribution in [2.45, 2.75) is 19.8 Å².